The van der Waals surface area contributed by atoms with Crippen LogP contribution in [0.1, 0.15) is 30.1 Å². The van der Waals surface area contributed by atoms with Crippen molar-refractivity contribution in [2.75, 3.05) is 14.2 Å². The van der Waals surface area contributed by atoms with E-state index in [-0.39, 0.29) is 6.04 Å². The molecule has 0 N–H and O–H groups in total. The largest absolute Gasteiger partial charge is 0.496 e. The fourth-order valence-electron chi connectivity index (χ4n) is 3.47. The maximum atomic E-state index is 6.06. The minimum absolute atomic E-state index is 0.138. The van der Waals surface area contributed by atoms with Crippen LogP contribution in [-0.2, 0) is 6.54 Å². The molecule has 0 saturated heterocycles. The van der Waals surface area contributed by atoms with Crippen molar-refractivity contribution in [1.29, 1.82) is 0 Å². The van der Waals surface area contributed by atoms with Gasteiger partial charge in [0.05, 0.1) is 18.5 Å². The van der Waals surface area contributed by atoms with Crippen molar-refractivity contribution in [2.24, 2.45) is 0 Å². The van der Waals surface area contributed by atoms with E-state index in [4.69, 9.17) is 14.1 Å². The zero-order chi connectivity index (χ0) is 20.4. The van der Waals surface area contributed by atoms with Crippen molar-refractivity contribution < 1.29 is 9.15 Å². The number of nitrogens with zero attached hydrogens (tertiary/aromatic N) is 4. The Labute approximate surface area is 170 Å². The van der Waals surface area contributed by atoms with Crippen molar-refractivity contribution in [2.45, 2.75) is 26.4 Å². The Morgan fingerprint density at radius 2 is 1.90 bits per heavy atom. The van der Waals surface area contributed by atoms with Crippen molar-refractivity contribution in [3.05, 3.63) is 72.1 Å². The molecule has 0 aliphatic rings. The van der Waals surface area contributed by atoms with Crippen LogP contribution in [0.3, 0.4) is 0 Å². The predicted molar refractivity (Wildman–Crippen MR) is 113 cm³/mol. The number of hydrogen-bond donors (Lipinski definition) is 0. The van der Waals surface area contributed by atoms with E-state index in [9.17, 15) is 0 Å². The van der Waals surface area contributed by atoms with Crippen LogP contribution in [0, 0.1) is 6.92 Å². The molecule has 4 aromatic rings. The second kappa shape index (κ2) is 8.01. The van der Waals surface area contributed by atoms with E-state index in [1.165, 1.54) is 0 Å². The lowest BCUT2D eigenvalue weighted by Gasteiger charge is -2.23. The van der Waals surface area contributed by atoms with E-state index < -0.39 is 0 Å². The SMILES string of the molecule is COc1ccc(-c2nc(CN(C)C(C)c3ccncn3)c(C)o2)c2ccccc12. The number of oxazole rings is 1. The van der Waals surface area contributed by atoms with Gasteiger partial charge in [0.25, 0.3) is 0 Å². The molecular formula is C23H24N4O2. The molecule has 0 spiro atoms. The quantitative estimate of drug-likeness (QED) is 0.473. The first-order valence-electron chi connectivity index (χ1n) is 9.57. The van der Waals surface area contributed by atoms with Crippen LogP contribution in [-0.4, -0.2) is 34.0 Å². The molecule has 0 amide bonds. The monoisotopic (exact) mass is 388 g/mol. The summed E-state index contributed by atoms with van der Waals surface area (Å²) in [6.45, 7) is 4.74. The fourth-order valence-corrected chi connectivity index (χ4v) is 3.47. The average molecular weight is 388 g/mol. The van der Waals surface area contributed by atoms with Gasteiger partial charge in [-0.3, -0.25) is 4.90 Å². The van der Waals surface area contributed by atoms with Crippen LogP contribution in [0.4, 0.5) is 0 Å². The third-order valence-corrected chi connectivity index (χ3v) is 5.32. The summed E-state index contributed by atoms with van der Waals surface area (Å²) in [4.78, 5) is 15.4. The summed E-state index contributed by atoms with van der Waals surface area (Å²) < 4.78 is 11.6. The summed E-state index contributed by atoms with van der Waals surface area (Å²) >= 11 is 0. The van der Waals surface area contributed by atoms with Crippen LogP contribution in [0.2, 0.25) is 0 Å². The van der Waals surface area contributed by atoms with Gasteiger partial charge in [-0.25, -0.2) is 15.0 Å². The van der Waals surface area contributed by atoms with Crippen LogP contribution < -0.4 is 4.74 Å². The Hall–Kier alpha value is -3.25. The number of ether oxygens (including phenoxy) is 1. The predicted octanol–water partition coefficient (Wildman–Crippen LogP) is 4.79. The Bertz CT molecular complexity index is 1120. The lowest BCUT2D eigenvalue weighted by Crippen LogP contribution is -2.23. The summed E-state index contributed by atoms with van der Waals surface area (Å²) in [5, 5.41) is 2.10. The first-order valence-corrected chi connectivity index (χ1v) is 9.57. The number of fused-ring (bicyclic) bond motifs is 1. The molecule has 2 aromatic heterocycles. The summed E-state index contributed by atoms with van der Waals surface area (Å²) in [6.07, 6.45) is 3.34. The van der Waals surface area contributed by atoms with Gasteiger partial charge >= 0.3 is 0 Å². The van der Waals surface area contributed by atoms with E-state index in [1.807, 2.05) is 43.3 Å². The lowest BCUT2D eigenvalue weighted by atomic mass is 10.0. The van der Waals surface area contributed by atoms with E-state index in [2.05, 4.69) is 34.9 Å². The third-order valence-electron chi connectivity index (χ3n) is 5.32. The van der Waals surface area contributed by atoms with Gasteiger partial charge in [0.15, 0.2) is 0 Å². The van der Waals surface area contributed by atoms with Crippen molar-refractivity contribution in [1.82, 2.24) is 19.9 Å². The highest BCUT2D eigenvalue weighted by molar-refractivity contribution is 5.98. The number of rotatable bonds is 6. The van der Waals surface area contributed by atoms with E-state index in [0.717, 1.165) is 39.2 Å². The number of aryl methyl sites for hydroxylation is 1. The maximum absolute atomic E-state index is 6.06. The Kier molecular flexibility index (Phi) is 5.27. The summed E-state index contributed by atoms with van der Waals surface area (Å²) in [7, 11) is 3.74. The summed E-state index contributed by atoms with van der Waals surface area (Å²) in [5.41, 5.74) is 2.86. The Balaban J connectivity index is 1.65. The second-order valence-electron chi connectivity index (χ2n) is 7.11. The van der Waals surface area contributed by atoms with E-state index in [1.54, 1.807) is 19.6 Å². The molecule has 0 saturated carbocycles. The number of hydrogen-bond acceptors (Lipinski definition) is 6. The molecule has 4 rings (SSSR count). The molecule has 6 nitrogen and oxygen atoms in total. The number of methoxy groups -OCH3 is 1. The van der Waals surface area contributed by atoms with Crippen LogP contribution >= 0.6 is 0 Å². The molecule has 1 unspecified atom stereocenters. The number of aromatic nitrogens is 3. The molecule has 1 atom stereocenters. The normalized spacial score (nSPS) is 12.4. The van der Waals surface area contributed by atoms with Gasteiger partial charge in [-0.1, -0.05) is 24.3 Å². The molecule has 2 aromatic carbocycles. The van der Waals surface area contributed by atoms with Gasteiger partial charge in [-0.2, -0.15) is 0 Å². The Morgan fingerprint density at radius 1 is 1.10 bits per heavy atom. The smallest absolute Gasteiger partial charge is 0.227 e. The molecule has 0 radical (unpaired) electrons. The van der Waals surface area contributed by atoms with Crippen molar-refractivity contribution in [3.8, 4) is 17.2 Å². The van der Waals surface area contributed by atoms with Crippen LogP contribution in [0.5, 0.6) is 5.75 Å². The third kappa shape index (κ3) is 3.71. The Morgan fingerprint density at radius 3 is 2.62 bits per heavy atom. The molecule has 6 heteroatoms. The summed E-state index contributed by atoms with van der Waals surface area (Å²) in [6, 6.07) is 14.2. The fraction of sp³-hybridized carbons (Fsp3) is 0.261. The topological polar surface area (TPSA) is 64.3 Å². The van der Waals surface area contributed by atoms with Gasteiger partial charge < -0.3 is 9.15 Å². The standard InChI is InChI=1S/C23H24N4O2/c1-15(20-11-12-24-14-25-20)27(3)13-21-16(2)29-23(26-21)19-9-10-22(28-4)18-8-6-5-7-17(18)19/h5-12,14-15H,13H2,1-4H3. The maximum Gasteiger partial charge on any atom is 0.227 e. The minimum atomic E-state index is 0.138. The molecule has 0 aliphatic heterocycles. The van der Waals surface area contributed by atoms with Gasteiger partial charge in [0.1, 0.15) is 17.8 Å². The minimum Gasteiger partial charge on any atom is -0.496 e. The first kappa shape index (κ1) is 19.1. The van der Waals surface area contributed by atoms with Gasteiger partial charge in [0.2, 0.25) is 5.89 Å². The van der Waals surface area contributed by atoms with E-state index in [0.29, 0.717) is 12.4 Å². The van der Waals surface area contributed by atoms with Crippen molar-refractivity contribution >= 4 is 10.8 Å². The zero-order valence-corrected chi connectivity index (χ0v) is 17.1. The zero-order valence-electron chi connectivity index (χ0n) is 17.1. The molecule has 148 valence electrons. The van der Waals surface area contributed by atoms with Crippen LogP contribution in [0.25, 0.3) is 22.2 Å². The number of benzene rings is 2. The lowest BCUT2D eigenvalue weighted by molar-refractivity contribution is 0.244. The van der Waals surface area contributed by atoms with Gasteiger partial charge in [0, 0.05) is 29.7 Å². The molecule has 0 bridgehead atoms. The second-order valence-corrected chi connectivity index (χ2v) is 7.11. The van der Waals surface area contributed by atoms with E-state index >= 15 is 0 Å². The molecule has 0 aliphatic carbocycles. The highest BCUT2D eigenvalue weighted by Gasteiger charge is 2.19. The molecule has 29 heavy (non-hydrogen) atoms. The average Bonchev–Trinajstić information content (AvgIpc) is 3.12. The first-order chi connectivity index (χ1) is 14.1. The highest BCUT2D eigenvalue weighted by atomic mass is 16.5. The highest BCUT2D eigenvalue weighted by Crippen LogP contribution is 2.35. The molecule has 2 heterocycles. The summed E-state index contributed by atoms with van der Waals surface area (Å²) in [5.74, 6) is 2.28. The van der Waals surface area contributed by atoms with Crippen LogP contribution in [0.15, 0.2) is 59.4 Å². The molecule has 0 fully saturated rings. The van der Waals surface area contributed by atoms with Gasteiger partial charge in [-0.15, -0.1) is 0 Å². The molecular weight excluding hydrogens is 364 g/mol. The van der Waals surface area contributed by atoms with Crippen molar-refractivity contribution in [3.63, 3.8) is 0 Å². The van der Waals surface area contributed by atoms with Gasteiger partial charge in [-0.05, 0) is 44.5 Å².